The van der Waals surface area contributed by atoms with Crippen LogP contribution < -0.4 is 5.32 Å². The van der Waals surface area contributed by atoms with Gasteiger partial charge in [-0.2, -0.15) is 10.4 Å². The summed E-state index contributed by atoms with van der Waals surface area (Å²) in [4.78, 5) is 16.9. The van der Waals surface area contributed by atoms with Crippen molar-refractivity contribution in [2.24, 2.45) is 0 Å². The van der Waals surface area contributed by atoms with Gasteiger partial charge in [0.25, 0.3) is 0 Å². The van der Waals surface area contributed by atoms with E-state index in [1.54, 1.807) is 16.8 Å². The lowest BCUT2D eigenvalue weighted by atomic mass is 10.1. The van der Waals surface area contributed by atoms with E-state index in [9.17, 15) is 4.79 Å². The molecule has 2 aromatic heterocycles. The number of rotatable bonds is 9. The second-order valence-corrected chi connectivity index (χ2v) is 8.11. The Hall–Kier alpha value is -3.11. The first-order valence-corrected chi connectivity index (χ1v) is 10.8. The van der Waals surface area contributed by atoms with Crippen LogP contribution >= 0.6 is 11.6 Å². The molecule has 3 aromatic rings. The van der Waals surface area contributed by atoms with Gasteiger partial charge in [0.1, 0.15) is 11.9 Å². The number of hydrogen-bond donors (Lipinski definition) is 1. The van der Waals surface area contributed by atoms with Crippen molar-refractivity contribution in [2.45, 2.75) is 59.2 Å². The standard InChI is InChI=1S/C23H27ClN6O/c1-4-5-9-29-15-20(27-17(29)3)12-23(31)26-16(2)14-30-10-8-22(28-30)18-6-7-19(13-25)21(24)11-18/h6-8,10-11,15-16H,4-5,9,12,14H2,1-3H3,(H,26,31)/t16-/m0/s1. The molecule has 1 amide bonds. The van der Waals surface area contributed by atoms with Crippen molar-refractivity contribution in [1.82, 2.24) is 24.6 Å². The van der Waals surface area contributed by atoms with Crippen LogP contribution in [0.25, 0.3) is 11.3 Å². The predicted octanol–water partition coefficient (Wildman–Crippen LogP) is 4.13. The lowest BCUT2D eigenvalue weighted by molar-refractivity contribution is -0.121. The van der Waals surface area contributed by atoms with Crippen molar-refractivity contribution in [3.63, 3.8) is 0 Å². The second-order valence-electron chi connectivity index (χ2n) is 7.70. The molecular formula is C23H27ClN6O. The van der Waals surface area contributed by atoms with Crippen LogP contribution in [0.2, 0.25) is 5.02 Å². The highest BCUT2D eigenvalue weighted by atomic mass is 35.5. The largest absolute Gasteiger partial charge is 0.351 e. The smallest absolute Gasteiger partial charge is 0.226 e. The Morgan fingerprint density at radius 2 is 2.16 bits per heavy atom. The van der Waals surface area contributed by atoms with Crippen LogP contribution in [0.15, 0.2) is 36.7 Å². The quantitative estimate of drug-likeness (QED) is 0.544. The van der Waals surface area contributed by atoms with Crippen LogP contribution in [-0.2, 0) is 24.3 Å². The summed E-state index contributed by atoms with van der Waals surface area (Å²) in [5.41, 5.74) is 2.83. The Bertz CT molecular complexity index is 1090. The number of amides is 1. The third-order valence-corrected chi connectivity index (χ3v) is 5.33. The van der Waals surface area contributed by atoms with Crippen LogP contribution in [0.1, 0.15) is 43.8 Å². The van der Waals surface area contributed by atoms with Gasteiger partial charge in [-0.15, -0.1) is 0 Å². The first kappa shape index (κ1) is 22.6. The van der Waals surface area contributed by atoms with Gasteiger partial charge in [0.15, 0.2) is 0 Å². The van der Waals surface area contributed by atoms with Gasteiger partial charge in [-0.05, 0) is 38.5 Å². The topological polar surface area (TPSA) is 88.5 Å². The number of carbonyl (C=O) groups is 1. The Balaban J connectivity index is 1.55. The fraction of sp³-hybridized carbons (Fsp3) is 0.391. The van der Waals surface area contributed by atoms with Crippen molar-refractivity contribution in [2.75, 3.05) is 0 Å². The Morgan fingerprint density at radius 3 is 2.87 bits per heavy atom. The first-order valence-electron chi connectivity index (χ1n) is 10.4. The molecule has 0 spiro atoms. The molecular weight excluding hydrogens is 412 g/mol. The summed E-state index contributed by atoms with van der Waals surface area (Å²) < 4.78 is 3.90. The van der Waals surface area contributed by atoms with Crippen molar-refractivity contribution in [3.8, 4) is 17.3 Å². The summed E-state index contributed by atoms with van der Waals surface area (Å²) in [6.07, 6.45) is 6.32. The highest BCUT2D eigenvalue weighted by Crippen LogP contribution is 2.24. The third-order valence-electron chi connectivity index (χ3n) is 5.01. The monoisotopic (exact) mass is 438 g/mol. The molecule has 0 saturated heterocycles. The average molecular weight is 439 g/mol. The highest BCUT2D eigenvalue weighted by Gasteiger charge is 2.13. The van der Waals surface area contributed by atoms with Gasteiger partial charge in [0.2, 0.25) is 5.91 Å². The summed E-state index contributed by atoms with van der Waals surface area (Å²) in [6.45, 7) is 7.54. The van der Waals surface area contributed by atoms with E-state index in [0.29, 0.717) is 17.1 Å². The van der Waals surface area contributed by atoms with Gasteiger partial charge >= 0.3 is 0 Å². The van der Waals surface area contributed by atoms with Gasteiger partial charge in [-0.25, -0.2) is 4.98 Å². The number of unbranched alkanes of at least 4 members (excludes halogenated alkanes) is 1. The molecule has 162 valence electrons. The summed E-state index contributed by atoms with van der Waals surface area (Å²) in [5, 5.41) is 17.0. The van der Waals surface area contributed by atoms with E-state index in [1.807, 2.05) is 38.4 Å². The zero-order valence-corrected chi connectivity index (χ0v) is 18.9. The van der Waals surface area contributed by atoms with E-state index < -0.39 is 0 Å². The number of nitrogens with zero attached hydrogens (tertiary/aromatic N) is 5. The van der Waals surface area contributed by atoms with Crippen LogP contribution in [-0.4, -0.2) is 31.3 Å². The molecule has 0 saturated carbocycles. The molecule has 0 radical (unpaired) electrons. The lowest BCUT2D eigenvalue weighted by Gasteiger charge is -2.13. The SMILES string of the molecule is CCCCn1cc(CC(=O)N[C@@H](C)Cn2ccc(-c3ccc(C#N)c(Cl)c3)n2)nc1C. The number of hydrogen-bond acceptors (Lipinski definition) is 4. The molecule has 0 unspecified atom stereocenters. The third kappa shape index (κ3) is 5.96. The number of carbonyl (C=O) groups excluding carboxylic acids is 1. The van der Waals surface area contributed by atoms with Crippen molar-refractivity contribution in [1.29, 1.82) is 5.26 Å². The Morgan fingerprint density at radius 1 is 1.35 bits per heavy atom. The van der Waals surface area contributed by atoms with E-state index in [4.69, 9.17) is 16.9 Å². The number of imidazole rings is 1. The molecule has 0 fully saturated rings. The minimum atomic E-state index is -0.0897. The number of nitrogens with one attached hydrogen (secondary N) is 1. The van der Waals surface area contributed by atoms with Crippen molar-refractivity contribution >= 4 is 17.5 Å². The lowest BCUT2D eigenvalue weighted by Crippen LogP contribution is -2.36. The fourth-order valence-corrected chi connectivity index (χ4v) is 3.64. The van der Waals surface area contributed by atoms with Crippen molar-refractivity contribution < 1.29 is 4.79 Å². The molecule has 0 aliphatic heterocycles. The molecule has 8 heteroatoms. The maximum atomic E-state index is 12.4. The minimum absolute atomic E-state index is 0.0566. The van der Waals surface area contributed by atoms with Crippen LogP contribution in [0.3, 0.4) is 0 Å². The number of aromatic nitrogens is 4. The zero-order chi connectivity index (χ0) is 22.4. The molecule has 31 heavy (non-hydrogen) atoms. The summed E-state index contributed by atoms with van der Waals surface area (Å²) in [6, 6.07) is 9.09. The van der Waals surface area contributed by atoms with Gasteiger partial charge < -0.3 is 9.88 Å². The first-order chi connectivity index (χ1) is 14.9. The molecule has 3 rings (SSSR count). The van der Waals surface area contributed by atoms with E-state index in [-0.39, 0.29) is 18.4 Å². The second kappa shape index (κ2) is 10.3. The minimum Gasteiger partial charge on any atom is -0.351 e. The number of aryl methyl sites for hydroxylation is 2. The fourth-order valence-electron chi connectivity index (χ4n) is 3.41. The molecule has 1 N–H and O–H groups in total. The normalized spacial score (nSPS) is 11.8. The maximum Gasteiger partial charge on any atom is 0.226 e. The Labute approximate surface area is 187 Å². The number of nitriles is 1. The molecule has 0 aliphatic carbocycles. The van der Waals surface area contributed by atoms with Gasteiger partial charge in [0, 0.05) is 30.5 Å². The molecule has 7 nitrogen and oxygen atoms in total. The molecule has 0 aliphatic rings. The highest BCUT2D eigenvalue weighted by molar-refractivity contribution is 6.32. The molecule has 1 aromatic carbocycles. The number of benzene rings is 1. The van der Waals surface area contributed by atoms with Crippen molar-refractivity contribution in [3.05, 3.63) is 58.8 Å². The summed E-state index contributed by atoms with van der Waals surface area (Å²) >= 11 is 6.12. The van der Waals surface area contributed by atoms with E-state index in [0.717, 1.165) is 42.2 Å². The zero-order valence-electron chi connectivity index (χ0n) is 18.1. The van der Waals surface area contributed by atoms with Gasteiger partial charge in [-0.1, -0.05) is 31.0 Å². The summed E-state index contributed by atoms with van der Waals surface area (Å²) in [5.74, 6) is 0.884. The van der Waals surface area contributed by atoms with E-state index in [1.165, 1.54) is 0 Å². The van der Waals surface area contributed by atoms with E-state index >= 15 is 0 Å². The molecule has 2 heterocycles. The van der Waals surface area contributed by atoms with Crippen LogP contribution in [0, 0.1) is 18.3 Å². The molecule has 1 atom stereocenters. The Kier molecular flexibility index (Phi) is 7.48. The maximum absolute atomic E-state index is 12.4. The van der Waals surface area contributed by atoms with Crippen LogP contribution in [0.4, 0.5) is 0 Å². The van der Waals surface area contributed by atoms with Crippen LogP contribution in [0.5, 0.6) is 0 Å². The number of halogens is 1. The van der Waals surface area contributed by atoms with Gasteiger partial charge in [0.05, 0.1) is 34.9 Å². The predicted molar refractivity (Wildman–Crippen MR) is 121 cm³/mol. The van der Waals surface area contributed by atoms with Gasteiger partial charge in [-0.3, -0.25) is 9.48 Å². The molecule has 0 bridgehead atoms. The average Bonchev–Trinajstić information content (AvgIpc) is 3.32. The van der Waals surface area contributed by atoms with E-state index in [2.05, 4.69) is 33.0 Å². The summed E-state index contributed by atoms with van der Waals surface area (Å²) in [7, 11) is 0.